The number of hydrogen-bond acceptors (Lipinski definition) is 4. The van der Waals surface area contributed by atoms with Crippen molar-refractivity contribution < 1.29 is 14.4 Å². The number of carbonyl (C=O) groups is 3. The number of rotatable bonds is 6. The van der Waals surface area contributed by atoms with Gasteiger partial charge in [-0.05, 0) is 13.0 Å². The molecule has 1 rings (SSSR count). The van der Waals surface area contributed by atoms with Gasteiger partial charge in [-0.15, -0.1) is 0 Å². The van der Waals surface area contributed by atoms with Crippen LogP contribution >= 0.6 is 0 Å². The van der Waals surface area contributed by atoms with Gasteiger partial charge in [0.2, 0.25) is 17.7 Å². The molecular weight excluding hydrogens is 210 g/mol. The molecule has 3 N–H and O–H groups in total. The number of nitrogens with zero attached hydrogens (tertiary/aromatic N) is 1. The summed E-state index contributed by atoms with van der Waals surface area (Å²) in [4.78, 5) is 34.9. The van der Waals surface area contributed by atoms with E-state index in [1.807, 2.05) is 6.92 Å². The van der Waals surface area contributed by atoms with Gasteiger partial charge in [0.15, 0.2) is 0 Å². The van der Waals surface area contributed by atoms with Crippen LogP contribution in [-0.4, -0.2) is 41.8 Å². The largest absolute Gasteiger partial charge is 0.368 e. The van der Waals surface area contributed by atoms with Gasteiger partial charge in [-0.2, -0.15) is 0 Å². The highest BCUT2D eigenvalue weighted by Crippen LogP contribution is 2.11. The van der Waals surface area contributed by atoms with E-state index in [1.165, 1.54) is 0 Å². The Balaban J connectivity index is 2.56. The van der Waals surface area contributed by atoms with Crippen LogP contribution in [0.2, 0.25) is 0 Å². The van der Waals surface area contributed by atoms with Crippen LogP contribution in [0.1, 0.15) is 26.2 Å². The standard InChI is InChI=1S/C10H17N3O3/c1-2-5-12-7(10(11)16)6-13-8(14)3-4-9(13)15/h7,12H,2-6H2,1H3,(H2,11,16). The van der Waals surface area contributed by atoms with Crippen molar-refractivity contribution in [1.29, 1.82) is 0 Å². The zero-order valence-corrected chi connectivity index (χ0v) is 9.36. The fourth-order valence-corrected chi connectivity index (χ4v) is 1.58. The van der Waals surface area contributed by atoms with Crippen LogP contribution in [0.4, 0.5) is 0 Å². The maximum absolute atomic E-state index is 11.3. The highest BCUT2D eigenvalue weighted by atomic mass is 16.2. The van der Waals surface area contributed by atoms with Crippen molar-refractivity contribution in [2.75, 3.05) is 13.1 Å². The van der Waals surface area contributed by atoms with E-state index in [0.717, 1.165) is 11.3 Å². The minimum atomic E-state index is -0.647. The van der Waals surface area contributed by atoms with Gasteiger partial charge < -0.3 is 11.1 Å². The molecule has 1 heterocycles. The lowest BCUT2D eigenvalue weighted by Gasteiger charge is -2.20. The lowest BCUT2D eigenvalue weighted by molar-refractivity contribution is -0.139. The minimum absolute atomic E-state index is 0.0486. The Bertz CT molecular complexity index is 288. The number of nitrogens with one attached hydrogen (secondary N) is 1. The molecule has 90 valence electrons. The fourth-order valence-electron chi connectivity index (χ4n) is 1.58. The lowest BCUT2D eigenvalue weighted by Crippen LogP contribution is -2.50. The average molecular weight is 227 g/mol. The number of nitrogens with two attached hydrogens (primary N) is 1. The van der Waals surface area contributed by atoms with Gasteiger partial charge in [0.1, 0.15) is 6.04 Å². The van der Waals surface area contributed by atoms with Gasteiger partial charge in [-0.25, -0.2) is 0 Å². The smallest absolute Gasteiger partial charge is 0.236 e. The van der Waals surface area contributed by atoms with Crippen LogP contribution in [0.3, 0.4) is 0 Å². The highest BCUT2D eigenvalue weighted by molar-refractivity contribution is 6.02. The molecule has 0 radical (unpaired) electrons. The predicted molar refractivity (Wildman–Crippen MR) is 57.2 cm³/mol. The van der Waals surface area contributed by atoms with Crippen LogP contribution in [0.15, 0.2) is 0 Å². The zero-order valence-electron chi connectivity index (χ0n) is 9.36. The summed E-state index contributed by atoms with van der Waals surface area (Å²) in [6.45, 7) is 2.63. The van der Waals surface area contributed by atoms with Crippen LogP contribution < -0.4 is 11.1 Å². The average Bonchev–Trinajstić information content (AvgIpc) is 2.54. The molecule has 0 bridgehead atoms. The van der Waals surface area contributed by atoms with Gasteiger partial charge in [0.05, 0.1) is 6.54 Å². The summed E-state index contributed by atoms with van der Waals surface area (Å²) in [6.07, 6.45) is 1.32. The number of amides is 3. The van der Waals surface area contributed by atoms with Crippen molar-refractivity contribution in [2.24, 2.45) is 5.73 Å². The summed E-state index contributed by atoms with van der Waals surface area (Å²) in [6, 6.07) is -0.647. The van der Waals surface area contributed by atoms with E-state index < -0.39 is 11.9 Å². The molecular formula is C10H17N3O3. The second-order valence-electron chi connectivity index (χ2n) is 3.81. The highest BCUT2D eigenvalue weighted by Gasteiger charge is 2.32. The van der Waals surface area contributed by atoms with Gasteiger partial charge in [0, 0.05) is 12.8 Å². The number of carbonyl (C=O) groups excluding carboxylic acids is 3. The Morgan fingerprint density at radius 2 is 2.00 bits per heavy atom. The third-order valence-corrected chi connectivity index (χ3v) is 2.50. The van der Waals surface area contributed by atoms with Crippen molar-refractivity contribution in [3.8, 4) is 0 Å². The topological polar surface area (TPSA) is 92.5 Å². The Hall–Kier alpha value is -1.43. The molecule has 1 atom stereocenters. The molecule has 0 aromatic carbocycles. The van der Waals surface area contributed by atoms with E-state index in [2.05, 4.69) is 5.32 Å². The molecule has 16 heavy (non-hydrogen) atoms. The van der Waals surface area contributed by atoms with E-state index in [1.54, 1.807) is 0 Å². The first kappa shape index (κ1) is 12.6. The summed E-state index contributed by atoms with van der Waals surface area (Å²) in [7, 11) is 0. The van der Waals surface area contributed by atoms with Crippen molar-refractivity contribution in [3.63, 3.8) is 0 Å². The van der Waals surface area contributed by atoms with Gasteiger partial charge >= 0.3 is 0 Å². The molecule has 0 spiro atoms. The van der Waals surface area contributed by atoms with Crippen molar-refractivity contribution in [3.05, 3.63) is 0 Å². The maximum Gasteiger partial charge on any atom is 0.236 e. The van der Waals surface area contributed by atoms with Crippen molar-refractivity contribution in [2.45, 2.75) is 32.2 Å². The molecule has 0 aliphatic carbocycles. The third kappa shape index (κ3) is 3.03. The normalized spacial score (nSPS) is 17.9. The summed E-state index contributed by atoms with van der Waals surface area (Å²) < 4.78 is 0. The lowest BCUT2D eigenvalue weighted by atomic mass is 10.2. The fraction of sp³-hybridized carbons (Fsp3) is 0.700. The van der Waals surface area contributed by atoms with Crippen LogP contribution in [-0.2, 0) is 14.4 Å². The Morgan fingerprint density at radius 1 is 1.44 bits per heavy atom. The Morgan fingerprint density at radius 3 is 2.44 bits per heavy atom. The van der Waals surface area contributed by atoms with Crippen molar-refractivity contribution >= 4 is 17.7 Å². The van der Waals surface area contributed by atoms with Gasteiger partial charge in [0.25, 0.3) is 0 Å². The molecule has 6 nitrogen and oxygen atoms in total. The second-order valence-corrected chi connectivity index (χ2v) is 3.81. The Kier molecular flexibility index (Phi) is 4.42. The first-order valence-corrected chi connectivity index (χ1v) is 5.42. The number of hydrogen-bond donors (Lipinski definition) is 2. The van der Waals surface area contributed by atoms with Crippen LogP contribution in [0.5, 0.6) is 0 Å². The molecule has 1 unspecified atom stereocenters. The van der Waals surface area contributed by atoms with Crippen LogP contribution in [0, 0.1) is 0 Å². The molecule has 6 heteroatoms. The molecule has 1 fully saturated rings. The summed E-state index contributed by atoms with van der Waals surface area (Å²) in [5.41, 5.74) is 5.20. The third-order valence-electron chi connectivity index (χ3n) is 2.50. The number of primary amides is 1. The summed E-state index contributed by atoms with van der Waals surface area (Å²) in [5.74, 6) is -0.995. The van der Waals surface area contributed by atoms with Gasteiger partial charge in [-0.1, -0.05) is 6.92 Å². The molecule has 1 saturated heterocycles. The molecule has 3 amide bonds. The van der Waals surface area contributed by atoms with Crippen LogP contribution in [0.25, 0.3) is 0 Å². The molecule has 0 aromatic rings. The monoisotopic (exact) mass is 227 g/mol. The number of likely N-dealkylation sites (tertiary alicyclic amines) is 1. The van der Waals surface area contributed by atoms with Crippen molar-refractivity contribution in [1.82, 2.24) is 10.2 Å². The van der Waals surface area contributed by atoms with Gasteiger partial charge in [-0.3, -0.25) is 19.3 Å². The maximum atomic E-state index is 11.3. The molecule has 0 aromatic heterocycles. The van der Waals surface area contributed by atoms with E-state index in [0.29, 0.717) is 6.54 Å². The molecule has 1 aliphatic rings. The number of imide groups is 1. The first-order valence-electron chi connectivity index (χ1n) is 5.42. The van der Waals surface area contributed by atoms with E-state index >= 15 is 0 Å². The first-order chi connectivity index (χ1) is 7.56. The molecule has 1 aliphatic heterocycles. The summed E-state index contributed by atoms with van der Waals surface area (Å²) in [5, 5.41) is 2.92. The SMILES string of the molecule is CCCNC(CN1C(=O)CCC1=O)C(N)=O. The second kappa shape index (κ2) is 5.60. The molecule has 0 saturated carbocycles. The zero-order chi connectivity index (χ0) is 12.1. The van der Waals surface area contributed by atoms with E-state index in [4.69, 9.17) is 5.73 Å². The quantitative estimate of drug-likeness (QED) is 0.569. The minimum Gasteiger partial charge on any atom is -0.368 e. The van der Waals surface area contributed by atoms with E-state index in [-0.39, 0.29) is 31.2 Å². The summed E-state index contributed by atoms with van der Waals surface area (Å²) >= 11 is 0. The van der Waals surface area contributed by atoms with E-state index in [9.17, 15) is 14.4 Å². The Labute approximate surface area is 94.2 Å². The predicted octanol–water partition coefficient (Wildman–Crippen LogP) is -1.01.